The number of ether oxygens (including phenoxy) is 3. The van der Waals surface area contributed by atoms with E-state index in [4.69, 9.17) is 19.9 Å². The van der Waals surface area contributed by atoms with Crippen LogP contribution in [0.1, 0.15) is 16.7 Å². The second kappa shape index (κ2) is 13.8. The lowest BCUT2D eigenvalue weighted by Gasteiger charge is -2.27. The maximum Gasteiger partial charge on any atom is 0.170 e. The number of methoxy groups -OCH3 is 1. The van der Waals surface area contributed by atoms with Crippen molar-refractivity contribution in [2.45, 2.75) is 37.7 Å². The molecule has 0 radical (unpaired) electrons. The van der Waals surface area contributed by atoms with Gasteiger partial charge in [-0.1, -0.05) is 42.5 Å². The monoisotopic (exact) mass is 494 g/mol. The van der Waals surface area contributed by atoms with Crippen LogP contribution in [0.5, 0.6) is 17.2 Å². The summed E-state index contributed by atoms with van der Waals surface area (Å²) in [5.74, 6) is 1.84. The van der Waals surface area contributed by atoms with Gasteiger partial charge in [0.05, 0.1) is 13.2 Å². The Morgan fingerprint density at radius 2 is 1.56 bits per heavy atom. The summed E-state index contributed by atoms with van der Waals surface area (Å²) >= 11 is 0. The van der Waals surface area contributed by atoms with Crippen molar-refractivity contribution in [3.8, 4) is 17.2 Å². The molecule has 7 heteroatoms. The number of phenols is 1. The zero-order valence-corrected chi connectivity index (χ0v) is 21.3. The van der Waals surface area contributed by atoms with Crippen molar-refractivity contribution in [1.29, 1.82) is 0 Å². The number of benzene rings is 3. The molecule has 0 aliphatic rings. The van der Waals surface area contributed by atoms with E-state index in [9.17, 15) is 10.2 Å². The third-order valence-electron chi connectivity index (χ3n) is 5.91. The zero-order valence-electron chi connectivity index (χ0n) is 21.3. The number of aromatic hydroxyl groups is 1. The quantitative estimate of drug-likeness (QED) is 0.296. The number of aryl methyl sites for hydroxylation is 2. The van der Waals surface area contributed by atoms with Crippen molar-refractivity contribution in [3.63, 3.8) is 0 Å². The number of aliphatic hydroxyl groups is 1. The fourth-order valence-corrected chi connectivity index (χ4v) is 3.95. The second-order valence-electron chi connectivity index (χ2n) is 9.21. The van der Waals surface area contributed by atoms with E-state index in [1.165, 1.54) is 5.56 Å². The number of rotatable bonds is 14. The molecule has 7 nitrogen and oxygen atoms in total. The zero-order chi connectivity index (χ0) is 25.9. The molecule has 3 aromatic carbocycles. The number of hydrogen-bond acceptors (Lipinski definition) is 7. The Bertz CT molecular complexity index is 1040. The molecule has 0 saturated carbocycles. The van der Waals surface area contributed by atoms with Gasteiger partial charge in [-0.25, -0.2) is 0 Å². The first-order chi connectivity index (χ1) is 17.3. The Labute approximate surface area is 214 Å². The Hall–Kier alpha value is -3.10. The van der Waals surface area contributed by atoms with Crippen molar-refractivity contribution < 1.29 is 24.4 Å². The highest BCUT2D eigenvalue weighted by atomic mass is 16.6. The van der Waals surface area contributed by atoms with E-state index < -0.39 is 12.3 Å². The number of hydrogen-bond donors (Lipinski definition) is 3. The lowest BCUT2D eigenvalue weighted by atomic mass is 10.0. The summed E-state index contributed by atoms with van der Waals surface area (Å²) in [5.41, 5.74) is 9.46. The van der Waals surface area contributed by atoms with Gasteiger partial charge in [0, 0.05) is 6.54 Å². The van der Waals surface area contributed by atoms with Crippen molar-refractivity contribution in [3.05, 3.63) is 89.5 Å². The van der Waals surface area contributed by atoms with E-state index in [0.717, 1.165) is 35.5 Å². The minimum atomic E-state index is -1.15. The first kappa shape index (κ1) is 27.5. The van der Waals surface area contributed by atoms with E-state index in [2.05, 4.69) is 18.2 Å². The number of phenolic OH excluding ortho intramolecular Hbond substituents is 1. The molecule has 0 bridgehead atoms. The molecule has 0 aliphatic carbocycles. The van der Waals surface area contributed by atoms with Gasteiger partial charge in [0.25, 0.3) is 0 Å². The van der Waals surface area contributed by atoms with Gasteiger partial charge in [0.1, 0.15) is 30.0 Å². The lowest BCUT2D eigenvalue weighted by Crippen LogP contribution is -2.44. The summed E-state index contributed by atoms with van der Waals surface area (Å²) in [6.07, 6.45) is 0.605. The summed E-state index contributed by atoms with van der Waals surface area (Å²) in [6.45, 7) is 0.845. The molecule has 0 saturated heterocycles. The molecule has 0 spiro atoms. The van der Waals surface area contributed by atoms with Crippen molar-refractivity contribution in [2.24, 2.45) is 5.73 Å². The van der Waals surface area contributed by atoms with Crippen LogP contribution in [0.25, 0.3) is 0 Å². The molecule has 3 aromatic rings. The topological polar surface area (TPSA) is 97.4 Å². The minimum absolute atomic E-state index is 0.191. The smallest absolute Gasteiger partial charge is 0.170 e. The number of aliphatic hydroxyl groups excluding tert-OH is 1. The molecule has 36 heavy (non-hydrogen) atoms. The minimum Gasteiger partial charge on any atom is -0.508 e. The molecule has 194 valence electrons. The van der Waals surface area contributed by atoms with Gasteiger partial charge in [0.2, 0.25) is 0 Å². The van der Waals surface area contributed by atoms with Crippen LogP contribution in [-0.2, 0) is 24.0 Å². The van der Waals surface area contributed by atoms with Gasteiger partial charge in [0.15, 0.2) is 6.29 Å². The Balaban J connectivity index is 1.58. The summed E-state index contributed by atoms with van der Waals surface area (Å²) in [7, 11) is 5.56. The molecule has 4 N–H and O–H groups in total. The number of likely N-dealkylation sites (N-methyl/N-ethyl adjacent to an activating group) is 1. The first-order valence-electron chi connectivity index (χ1n) is 12.2. The van der Waals surface area contributed by atoms with Crippen LogP contribution < -0.4 is 15.2 Å². The van der Waals surface area contributed by atoms with E-state index in [1.807, 2.05) is 49.3 Å². The van der Waals surface area contributed by atoms with Gasteiger partial charge in [-0.2, -0.15) is 0 Å². The SMILES string of the molecule is COc1ccc(CCc2ccccc2OCC(CN(C)C)OC(O)[C@H](N)Cc2ccc(O)cc2)cc1. The molecule has 0 heterocycles. The van der Waals surface area contributed by atoms with Crippen LogP contribution >= 0.6 is 0 Å². The molecule has 0 aromatic heterocycles. The Morgan fingerprint density at radius 1 is 0.889 bits per heavy atom. The standard InChI is InChI=1S/C29H38N2O5/c1-31(2)19-26(36-29(33)27(30)18-22-9-14-24(32)15-10-22)20-35-28-7-5-4-6-23(28)13-8-21-11-16-25(34-3)17-12-21/h4-7,9-12,14-17,26-27,29,32-33H,8,13,18-20,30H2,1-3H3/t26?,27-,29?/m1/s1. The predicted molar refractivity (Wildman–Crippen MR) is 142 cm³/mol. The van der Waals surface area contributed by atoms with E-state index in [-0.39, 0.29) is 18.5 Å². The average Bonchev–Trinajstić information content (AvgIpc) is 2.87. The molecule has 3 atom stereocenters. The van der Waals surface area contributed by atoms with Gasteiger partial charge < -0.3 is 35.1 Å². The molecule has 0 aliphatic heterocycles. The van der Waals surface area contributed by atoms with Gasteiger partial charge in [-0.05, 0) is 80.4 Å². The van der Waals surface area contributed by atoms with Crippen LogP contribution in [0.3, 0.4) is 0 Å². The molecule has 0 fully saturated rings. The van der Waals surface area contributed by atoms with Crippen LogP contribution in [0.4, 0.5) is 0 Å². The second-order valence-corrected chi connectivity index (χ2v) is 9.21. The highest BCUT2D eigenvalue weighted by molar-refractivity contribution is 5.35. The summed E-state index contributed by atoms with van der Waals surface area (Å²) in [5, 5.41) is 20.1. The van der Waals surface area contributed by atoms with Crippen molar-refractivity contribution in [1.82, 2.24) is 4.90 Å². The third-order valence-corrected chi connectivity index (χ3v) is 5.91. The molecule has 3 rings (SSSR count). The number of nitrogens with zero attached hydrogens (tertiary/aromatic N) is 1. The van der Waals surface area contributed by atoms with Gasteiger partial charge >= 0.3 is 0 Å². The number of para-hydroxylation sites is 1. The maximum atomic E-state index is 10.6. The van der Waals surface area contributed by atoms with Gasteiger partial charge in [-0.3, -0.25) is 0 Å². The Kier molecular flexibility index (Phi) is 10.6. The number of nitrogens with two attached hydrogens (primary N) is 1. The van der Waals surface area contributed by atoms with Crippen LogP contribution in [0, 0.1) is 0 Å². The average molecular weight is 495 g/mol. The van der Waals surface area contributed by atoms with Gasteiger partial charge in [-0.15, -0.1) is 0 Å². The van der Waals surface area contributed by atoms with E-state index in [1.54, 1.807) is 31.4 Å². The summed E-state index contributed by atoms with van der Waals surface area (Å²) in [6, 6.07) is 22.2. The first-order valence-corrected chi connectivity index (χ1v) is 12.2. The molecule has 2 unspecified atom stereocenters. The molecule has 0 amide bonds. The highest BCUT2D eigenvalue weighted by Crippen LogP contribution is 2.22. The molecular weight excluding hydrogens is 456 g/mol. The normalized spacial score (nSPS) is 13.8. The van der Waals surface area contributed by atoms with E-state index in [0.29, 0.717) is 13.0 Å². The lowest BCUT2D eigenvalue weighted by molar-refractivity contribution is -0.158. The van der Waals surface area contributed by atoms with E-state index >= 15 is 0 Å². The van der Waals surface area contributed by atoms with Crippen molar-refractivity contribution >= 4 is 0 Å². The fraction of sp³-hybridized carbons (Fsp3) is 0.379. The summed E-state index contributed by atoms with van der Waals surface area (Å²) < 4.78 is 17.4. The Morgan fingerprint density at radius 3 is 2.22 bits per heavy atom. The fourth-order valence-electron chi connectivity index (χ4n) is 3.95. The largest absolute Gasteiger partial charge is 0.508 e. The van der Waals surface area contributed by atoms with Crippen LogP contribution in [-0.4, -0.2) is 67.9 Å². The molecular formula is C29H38N2O5. The summed E-state index contributed by atoms with van der Waals surface area (Å²) in [4.78, 5) is 1.99. The highest BCUT2D eigenvalue weighted by Gasteiger charge is 2.22. The predicted octanol–water partition coefficient (Wildman–Crippen LogP) is 3.40. The van der Waals surface area contributed by atoms with Crippen LogP contribution in [0.15, 0.2) is 72.8 Å². The van der Waals surface area contributed by atoms with Crippen molar-refractivity contribution in [2.75, 3.05) is 34.4 Å². The maximum absolute atomic E-state index is 10.6. The van der Waals surface area contributed by atoms with Crippen LogP contribution in [0.2, 0.25) is 0 Å². The third kappa shape index (κ3) is 8.84.